The second kappa shape index (κ2) is 5.54. The highest BCUT2D eigenvalue weighted by molar-refractivity contribution is 5.68. The molecule has 1 amide bonds. The van der Waals surface area contributed by atoms with Gasteiger partial charge in [-0.05, 0) is 46.0 Å². The highest BCUT2D eigenvalue weighted by Crippen LogP contribution is 2.31. The van der Waals surface area contributed by atoms with E-state index in [1.165, 1.54) is 0 Å². The summed E-state index contributed by atoms with van der Waals surface area (Å²) in [4.78, 5) is 11.5. The molecule has 0 aromatic heterocycles. The summed E-state index contributed by atoms with van der Waals surface area (Å²) in [6.07, 6.45) is 4.38. The van der Waals surface area contributed by atoms with Gasteiger partial charge in [-0.1, -0.05) is 6.08 Å². The van der Waals surface area contributed by atoms with Gasteiger partial charge in [-0.25, -0.2) is 4.79 Å². The molecule has 4 heteroatoms. The third-order valence-corrected chi connectivity index (χ3v) is 2.86. The van der Waals surface area contributed by atoms with Crippen LogP contribution in [-0.2, 0) is 4.74 Å². The van der Waals surface area contributed by atoms with Gasteiger partial charge in [0, 0.05) is 12.1 Å². The summed E-state index contributed by atoms with van der Waals surface area (Å²) in [5.41, 5.74) is 5.35. The molecular weight excluding hydrogens is 216 g/mol. The molecule has 0 radical (unpaired) electrons. The van der Waals surface area contributed by atoms with Gasteiger partial charge in [-0.2, -0.15) is 0 Å². The minimum Gasteiger partial charge on any atom is -0.444 e. The van der Waals surface area contributed by atoms with Crippen LogP contribution < -0.4 is 11.1 Å². The van der Waals surface area contributed by atoms with Gasteiger partial charge in [0.25, 0.3) is 0 Å². The number of nitrogens with one attached hydrogen (secondary N) is 1. The molecule has 1 atom stereocenters. The zero-order chi connectivity index (χ0) is 13.1. The van der Waals surface area contributed by atoms with Gasteiger partial charge in [-0.15, -0.1) is 6.58 Å². The van der Waals surface area contributed by atoms with Crippen molar-refractivity contribution in [2.45, 2.75) is 57.7 Å². The van der Waals surface area contributed by atoms with Crippen LogP contribution in [0.2, 0.25) is 0 Å². The van der Waals surface area contributed by atoms with Crippen LogP contribution in [0.5, 0.6) is 0 Å². The summed E-state index contributed by atoms with van der Waals surface area (Å²) >= 11 is 0. The van der Waals surface area contributed by atoms with Crippen LogP contribution in [0, 0.1) is 5.92 Å². The van der Waals surface area contributed by atoms with Gasteiger partial charge in [-0.3, -0.25) is 0 Å². The second-order valence-electron chi connectivity index (χ2n) is 5.82. The standard InChI is InChI=1S/C13H24N2O2/c1-5-10(14)6-9-7-11(8-9)15-12(16)17-13(2,3)4/h5,9-11H,1,6-8,14H2,2-4H3,(H,15,16)/t9?,10-,11?/m0/s1. The maximum absolute atomic E-state index is 11.5. The topological polar surface area (TPSA) is 64.3 Å². The molecule has 1 aliphatic carbocycles. The summed E-state index contributed by atoms with van der Waals surface area (Å²) in [6.45, 7) is 9.25. The Bertz CT molecular complexity index is 278. The lowest BCUT2D eigenvalue weighted by molar-refractivity contribution is 0.0448. The summed E-state index contributed by atoms with van der Waals surface area (Å²) in [5.74, 6) is 0.600. The van der Waals surface area contributed by atoms with E-state index in [9.17, 15) is 4.79 Å². The van der Waals surface area contributed by atoms with E-state index in [1.807, 2.05) is 20.8 Å². The third kappa shape index (κ3) is 5.22. The van der Waals surface area contributed by atoms with Gasteiger partial charge in [0.2, 0.25) is 0 Å². The van der Waals surface area contributed by atoms with Crippen LogP contribution in [0.3, 0.4) is 0 Å². The normalized spacial score (nSPS) is 25.6. The zero-order valence-electron chi connectivity index (χ0n) is 11.0. The highest BCUT2D eigenvalue weighted by atomic mass is 16.6. The van der Waals surface area contributed by atoms with Crippen molar-refractivity contribution in [1.29, 1.82) is 0 Å². The molecule has 0 aromatic carbocycles. The number of rotatable bonds is 4. The highest BCUT2D eigenvalue weighted by Gasteiger charge is 2.31. The summed E-state index contributed by atoms with van der Waals surface area (Å²) < 4.78 is 5.19. The lowest BCUT2D eigenvalue weighted by Gasteiger charge is -2.37. The fourth-order valence-electron chi connectivity index (χ4n) is 2.00. The Morgan fingerprint density at radius 2 is 2.18 bits per heavy atom. The molecule has 98 valence electrons. The lowest BCUT2D eigenvalue weighted by atomic mass is 9.77. The van der Waals surface area contributed by atoms with Crippen molar-refractivity contribution in [1.82, 2.24) is 5.32 Å². The SMILES string of the molecule is C=C[C@H](N)CC1CC(NC(=O)OC(C)(C)C)C1. The van der Waals surface area contributed by atoms with E-state index in [2.05, 4.69) is 11.9 Å². The minimum atomic E-state index is -0.432. The van der Waals surface area contributed by atoms with Gasteiger partial charge in [0.05, 0.1) is 0 Å². The van der Waals surface area contributed by atoms with Crippen molar-refractivity contribution in [2.24, 2.45) is 11.7 Å². The molecule has 1 rings (SSSR count). The molecule has 0 aliphatic heterocycles. The van der Waals surface area contributed by atoms with E-state index in [0.717, 1.165) is 19.3 Å². The van der Waals surface area contributed by atoms with Crippen molar-refractivity contribution in [3.63, 3.8) is 0 Å². The van der Waals surface area contributed by atoms with Crippen molar-refractivity contribution in [3.05, 3.63) is 12.7 Å². The Labute approximate surface area is 104 Å². The first-order valence-corrected chi connectivity index (χ1v) is 6.18. The molecule has 17 heavy (non-hydrogen) atoms. The number of alkyl carbamates (subject to hydrolysis) is 1. The first-order valence-electron chi connectivity index (χ1n) is 6.18. The maximum atomic E-state index is 11.5. The fraction of sp³-hybridized carbons (Fsp3) is 0.769. The van der Waals surface area contributed by atoms with Gasteiger partial charge in [0.1, 0.15) is 5.60 Å². The molecular formula is C13H24N2O2. The Balaban J connectivity index is 2.17. The number of carbonyl (C=O) groups is 1. The van der Waals surface area contributed by atoms with Crippen molar-refractivity contribution in [2.75, 3.05) is 0 Å². The van der Waals surface area contributed by atoms with Gasteiger partial charge >= 0.3 is 6.09 Å². The monoisotopic (exact) mass is 240 g/mol. The van der Waals surface area contributed by atoms with Crippen molar-refractivity contribution >= 4 is 6.09 Å². The molecule has 0 bridgehead atoms. The quantitative estimate of drug-likeness (QED) is 0.740. The average molecular weight is 240 g/mol. The molecule has 0 aromatic rings. The Morgan fingerprint density at radius 1 is 1.59 bits per heavy atom. The van der Waals surface area contributed by atoms with Gasteiger partial charge < -0.3 is 15.8 Å². The number of nitrogens with two attached hydrogens (primary N) is 1. The van der Waals surface area contributed by atoms with E-state index >= 15 is 0 Å². The molecule has 0 heterocycles. The summed E-state index contributed by atoms with van der Waals surface area (Å²) in [5, 5.41) is 2.87. The largest absolute Gasteiger partial charge is 0.444 e. The molecule has 0 saturated heterocycles. The zero-order valence-corrected chi connectivity index (χ0v) is 11.0. The molecule has 0 spiro atoms. The van der Waals surface area contributed by atoms with Crippen LogP contribution in [0.1, 0.15) is 40.0 Å². The molecule has 4 nitrogen and oxygen atoms in total. The molecule has 1 aliphatic rings. The lowest BCUT2D eigenvalue weighted by Crippen LogP contribution is -2.47. The van der Waals surface area contributed by atoms with E-state index in [0.29, 0.717) is 5.92 Å². The first-order chi connectivity index (χ1) is 7.80. The van der Waals surface area contributed by atoms with Gasteiger partial charge in [0.15, 0.2) is 0 Å². The summed E-state index contributed by atoms with van der Waals surface area (Å²) in [6, 6.07) is 0.314. The molecule has 1 saturated carbocycles. The van der Waals surface area contributed by atoms with E-state index in [1.54, 1.807) is 6.08 Å². The van der Waals surface area contributed by atoms with Crippen LogP contribution in [0.25, 0.3) is 0 Å². The molecule has 0 unspecified atom stereocenters. The van der Waals surface area contributed by atoms with Crippen LogP contribution in [0.15, 0.2) is 12.7 Å². The number of ether oxygens (including phenoxy) is 1. The third-order valence-electron chi connectivity index (χ3n) is 2.86. The second-order valence-corrected chi connectivity index (χ2v) is 5.82. The number of hydrogen-bond acceptors (Lipinski definition) is 3. The van der Waals surface area contributed by atoms with Crippen LogP contribution in [0.4, 0.5) is 4.79 Å². The van der Waals surface area contributed by atoms with Crippen LogP contribution >= 0.6 is 0 Å². The Hall–Kier alpha value is -1.03. The van der Waals surface area contributed by atoms with Crippen molar-refractivity contribution in [3.8, 4) is 0 Å². The number of amides is 1. The Kier molecular flexibility index (Phi) is 4.57. The predicted octanol–water partition coefficient (Wildman–Crippen LogP) is 2.19. The molecule has 3 N–H and O–H groups in total. The first kappa shape index (κ1) is 14.0. The van der Waals surface area contributed by atoms with Crippen molar-refractivity contribution < 1.29 is 9.53 Å². The number of carbonyl (C=O) groups excluding carboxylic acids is 1. The Morgan fingerprint density at radius 3 is 2.65 bits per heavy atom. The smallest absolute Gasteiger partial charge is 0.407 e. The minimum absolute atomic E-state index is 0.0717. The van der Waals surface area contributed by atoms with E-state index in [4.69, 9.17) is 10.5 Å². The van der Waals surface area contributed by atoms with Crippen LogP contribution in [-0.4, -0.2) is 23.8 Å². The van der Waals surface area contributed by atoms with E-state index < -0.39 is 5.60 Å². The maximum Gasteiger partial charge on any atom is 0.407 e. The fourth-order valence-corrected chi connectivity index (χ4v) is 2.00. The number of hydrogen-bond donors (Lipinski definition) is 2. The average Bonchev–Trinajstić information content (AvgIpc) is 2.11. The molecule has 1 fully saturated rings. The van der Waals surface area contributed by atoms with E-state index in [-0.39, 0.29) is 18.2 Å². The summed E-state index contributed by atoms with van der Waals surface area (Å²) in [7, 11) is 0. The predicted molar refractivity (Wildman–Crippen MR) is 68.7 cm³/mol.